The lowest BCUT2D eigenvalue weighted by Crippen LogP contribution is -2.14. The second-order valence-electron chi connectivity index (χ2n) is 3.23. The van der Waals surface area contributed by atoms with Crippen LogP contribution in [-0.4, -0.2) is 17.1 Å². The van der Waals surface area contributed by atoms with Crippen LogP contribution in [0.1, 0.15) is 27.4 Å². The molecule has 0 aliphatic heterocycles. The van der Waals surface area contributed by atoms with Gasteiger partial charge in [0.2, 0.25) is 0 Å². The normalized spacial score (nSPS) is 16.0. The van der Waals surface area contributed by atoms with E-state index in [0.717, 1.165) is 11.4 Å². The first kappa shape index (κ1) is 8.72. The maximum absolute atomic E-state index is 10.6. The SMILES string of the molecule is O=C(O)c1ccc(CNC2CC2)s1. The summed E-state index contributed by atoms with van der Waals surface area (Å²) in [6, 6.07) is 4.22. The van der Waals surface area contributed by atoms with Crippen LogP contribution in [0.4, 0.5) is 0 Å². The largest absolute Gasteiger partial charge is 0.477 e. The van der Waals surface area contributed by atoms with Crippen molar-refractivity contribution in [3.8, 4) is 0 Å². The Labute approximate surface area is 80.4 Å². The Morgan fingerprint density at radius 1 is 1.62 bits per heavy atom. The molecule has 1 aromatic heterocycles. The van der Waals surface area contributed by atoms with Gasteiger partial charge in [0, 0.05) is 17.5 Å². The number of carbonyl (C=O) groups is 1. The third-order valence-corrected chi connectivity index (χ3v) is 3.09. The number of rotatable bonds is 4. The molecule has 0 saturated heterocycles. The highest BCUT2D eigenvalue weighted by atomic mass is 32.1. The fourth-order valence-corrected chi connectivity index (χ4v) is 1.92. The molecule has 1 fully saturated rings. The number of hydrogen-bond acceptors (Lipinski definition) is 3. The average molecular weight is 197 g/mol. The van der Waals surface area contributed by atoms with E-state index in [1.165, 1.54) is 24.2 Å². The summed E-state index contributed by atoms with van der Waals surface area (Å²) >= 11 is 1.35. The molecule has 0 aromatic carbocycles. The molecule has 0 bridgehead atoms. The van der Waals surface area contributed by atoms with Gasteiger partial charge in [-0.1, -0.05) is 0 Å². The highest BCUT2D eigenvalue weighted by Crippen LogP contribution is 2.21. The topological polar surface area (TPSA) is 49.3 Å². The number of hydrogen-bond donors (Lipinski definition) is 2. The number of thiophene rings is 1. The molecule has 1 heterocycles. The highest BCUT2D eigenvalue weighted by Gasteiger charge is 2.20. The van der Waals surface area contributed by atoms with Crippen LogP contribution in [0.2, 0.25) is 0 Å². The lowest BCUT2D eigenvalue weighted by molar-refractivity contribution is 0.0702. The highest BCUT2D eigenvalue weighted by molar-refractivity contribution is 7.13. The van der Waals surface area contributed by atoms with Gasteiger partial charge in [0.1, 0.15) is 4.88 Å². The molecular formula is C9H11NO2S. The predicted molar refractivity (Wildman–Crippen MR) is 51.1 cm³/mol. The molecule has 1 saturated carbocycles. The smallest absolute Gasteiger partial charge is 0.345 e. The lowest BCUT2D eigenvalue weighted by Gasteiger charge is -1.97. The fourth-order valence-electron chi connectivity index (χ4n) is 1.12. The molecule has 3 nitrogen and oxygen atoms in total. The van der Waals surface area contributed by atoms with Crippen LogP contribution < -0.4 is 5.32 Å². The van der Waals surface area contributed by atoms with E-state index in [2.05, 4.69) is 5.32 Å². The third-order valence-electron chi connectivity index (χ3n) is 2.01. The zero-order valence-corrected chi connectivity index (χ0v) is 7.93. The molecular weight excluding hydrogens is 186 g/mol. The van der Waals surface area contributed by atoms with Crippen molar-refractivity contribution in [3.05, 3.63) is 21.9 Å². The molecule has 70 valence electrons. The molecule has 4 heteroatoms. The molecule has 0 amide bonds. The standard InChI is InChI=1S/C9H11NO2S/c11-9(12)8-4-3-7(13-8)5-10-6-1-2-6/h3-4,6,10H,1-2,5H2,(H,11,12). The Bertz CT molecular complexity index is 317. The summed E-state index contributed by atoms with van der Waals surface area (Å²) in [7, 11) is 0. The quantitative estimate of drug-likeness (QED) is 0.772. The van der Waals surface area contributed by atoms with Crippen molar-refractivity contribution in [2.24, 2.45) is 0 Å². The van der Waals surface area contributed by atoms with Crippen molar-refractivity contribution in [2.45, 2.75) is 25.4 Å². The predicted octanol–water partition coefficient (Wildman–Crippen LogP) is 1.70. The summed E-state index contributed by atoms with van der Waals surface area (Å²) in [5.41, 5.74) is 0. The van der Waals surface area contributed by atoms with Crippen LogP contribution in [0.5, 0.6) is 0 Å². The Kier molecular flexibility index (Phi) is 2.33. The molecule has 0 spiro atoms. The van der Waals surface area contributed by atoms with Crippen LogP contribution in [0.25, 0.3) is 0 Å². The van der Waals surface area contributed by atoms with Crippen molar-refractivity contribution in [1.29, 1.82) is 0 Å². The molecule has 1 aromatic rings. The molecule has 0 radical (unpaired) electrons. The first-order valence-electron chi connectivity index (χ1n) is 4.31. The molecule has 1 aliphatic rings. The molecule has 0 atom stereocenters. The zero-order chi connectivity index (χ0) is 9.26. The number of carboxylic acids is 1. The van der Waals surface area contributed by atoms with E-state index in [4.69, 9.17) is 5.11 Å². The lowest BCUT2D eigenvalue weighted by atomic mass is 10.4. The Hall–Kier alpha value is -0.870. The summed E-state index contributed by atoms with van der Waals surface area (Å²) < 4.78 is 0. The fraction of sp³-hybridized carbons (Fsp3) is 0.444. The van der Waals surface area contributed by atoms with Crippen LogP contribution in [0.15, 0.2) is 12.1 Å². The average Bonchev–Trinajstić information content (AvgIpc) is 2.79. The maximum Gasteiger partial charge on any atom is 0.345 e. The second-order valence-corrected chi connectivity index (χ2v) is 4.39. The second kappa shape index (κ2) is 3.47. The summed E-state index contributed by atoms with van der Waals surface area (Å²) in [5, 5.41) is 12.0. The molecule has 2 rings (SSSR count). The Balaban J connectivity index is 1.92. The first-order chi connectivity index (χ1) is 6.25. The van der Waals surface area contributed by atoms with Crippen molar-refractivity contribution in [2.75, 3.05) is 0 Å². The zero-order valence-electron chi connectivity index (χ0n) is 7.12. The van der Waals surface area contributed by atoms with Crippen LogP contribution >= 0.6 is 11.3 Å². The first-order valence-corrected chi connectivity index (χ1v) is 5.13. The van der Waals surface area contributed by atoms with Crippen molar-refractivity contribution >= 4 is 17.3 Å². The van der Waals surface area contributed by atoms with E-state index in [1.807, 2.05) is 6.07 Å². The van der Waals surface area contributed by atoms with Gasteiger partial charge in [-0.2, -0.15) is 0 Å². The van der Waals surface area contributed by atoms with Gasteiger partial charge in [-0.05, 0) is 25.0 Å². The van der Waals surface area contributed by atoms with E-state index in [1.54, 1.807) is 6.07 Å². The van der Waals surface area contributed by atoms with Gasteiger partial charge in [-0.25, -0.2) is 4.79 Å². The Morgan fingerprint density at radius 2 is 2.38 bits per heavy atom. The monoisotopic (exact) mass is 197 g/mol. The van der Waals surface area contributed by atoms with Crippen LogP contribution in [0, 0.1) is 0 Å². The molecule has 13 heavy (non-hydrogen) atoms. The minimum Gasteiger partial charge on any atom is -0.477 e. The summed E-state index contributed by atoms with van der Waals surface area (Å²) in [6.45, 7) is 0.808. The summed E-state index contributed by atoms with van der Waals surface area (Å²) in [4.78, 5) is 12.1. The third kappa shape index (κ3) is 2.29. The van der Waals surface area contributed by atoms with Crippen LogP contribution in [-0.2, 0) is 6.54 Å². The van der Waals surface area contributed by atoms with E-state index in [9.17, 15) is 4.79 Å². The number of nitrogens with one attached hydrogen (secondary N) is 1. The van der Waals surface area contributed by atoms with Crippen molar-refractivity contribution in [1.82, 2.24) is 5.32 Å². The summed E-state index contributed by atoms with van der Waals surface area (Å²) in [5.74, 6) is -0.831. The minimum atomic E-state index is -0.831. The molecule has 1 aliphatic carbocycles. The van der Waals surface area contributed by atoms with Gasteiger partial charge in [-0.3, -0.25) is 0 Å². The van der Waals surface area contributed by atoms with Crippen molar-refractivity contribution in [3.63, 3.8) is 0 Å². The van der Waals surface area contributed by atoms with Gasteiger partial charge in [0.05, 0.1) is 0 Å². The Morgan fingerprint density at radius 3 is 2.92 bits per heavy atom. The van der Waals surface area contributed by atoms with Gasteiger partial charge in [0.15, 0.2) is 0 Å². The molecule has 2 N–H and O–H groups in total. The van der Waals surface area contributed by atoms with Crippen molar-refractivity contribution < 1.29 is 9.90 Å². The number of aromatic carboxylic acids is 1. The minimum absolute atomic E-state index is 0.424. The van der Waals surface area contributed by atoms with Gasteiger partial charge < -0.3 is 10.4 Å². The van der Waals surface area contributed by atoms with Gasteiger partial charge in [-0.15, -0.1) is 11.3 Å². The van der Waals surface area contributed by atoms with E-state index >= 15 is 0 Å². The van der Waals surface area contributed by atoms with E-state index < -0.39 is 5.97 Å². The van der Waals surface area contributed by atoms with Gasteiger partial charge >= 0.3 is 5.97 Å². The molecule has 0 unspecified atom stereocenters. The summed E-state index contributed by atoms with van der Waals surface area (Å²) in [6.07, 6.45) is 2.52. The maximum atomic E-state index is 10.6. The van der Waals surface area contributed by atoms with Gasteiger partial charge in [0.25, 0.3) is 0 Å². The van der Waals surface area contributed by atoms with E-state index in [0.29, 0.717) is 10.9 Å². The van der Waals surface area contributed by atoms with Crippen LogP contribution in [0.3, 0.4) is 0 Å². The van der Waals surface area contributed by atoms with E-state index in [-0.39, 0.29) is 0 Å². The number of carboxylic acid groups (broad SMARTS) is 1.